The van der Waals surface area contributed by atoms with Crippen molar-refractivity contribution >= 4 is 12.0 Å². The topological polar surface area (TPSA) is 78.4 Å². The van der Waals surface area contributed by atoms with Crippen molar-refractivity contribution in [1.29, 1.82) is 0 Å². The number of carbonyl (C=O) groups excluding carboxylic acids is 1. The maximum atomic E-state index is 11.5. The summed E-state index contributed by atoms with van der Waals surface area (Å²) in [7, 11) is 0. The molecule has 2 amide bonds. The van der Waals surface area contributed by atoms with Crippen LogP contribution in [0.3, 0.4) is 0 Å². The van der Waals surface area contributed by atoms with E-state index in [0.29, 0.717) is 6.54 Å². The third kappa shape index (κ3) is 6.78. The fourth-order valence-corrected chi connectivity index (χ4v) is 1.88. The number of rotatable bonds is 7. The molecule has 0 saturated carbocycles. The summed E-state index contributed by atoms with van der Waals surface area (Å²) in [6.45, 7) is 4.83. The summed E-state index contributed by atoms with van der Waals surface area (Å²) < 4.78 is 0. The first-order valence-electron chi connectivity index (χ1n) is 6.66. The Balaban J connectivity index is 2.32. The molecule has 0 radical (unpaired) electrons. The van der Waals surface area contributed by atoms with E-state index in [1.165, 1.54) is 5.56 Å². The number of nitrogens with one attached hydrogen (secondary N) is 2. The Morgan fingerprint density at radius 3 is 2.40 bits per heavy atom. The van der Waals surface area contributed by atoms with E-state index < -0.39 is 5.97 Å². The Morgan fingerprint density at radius 2 is 1.80 bits per heavy atom. The number of carbonyl (C=O) groups is 2. The first-order valence-corrected chi connectivity index (χ1v) is 6.66. The number of amides is 2. The number of carboxylic acid groups (broad SMARTS) is 1. The Hall–Kier alpha value is -2.04. The zero-order valence-corrected chi connectivity index (χ0v) is 12.0. The van der Waals surface area contributed by atoms with Gasteiger partial charge in [-0.15, -0.1) is 0 Å². The molecule has 1 aromatic carbocycles. The van der Waals surface area contributed by atoms with Crippen LogP contribution in [0.5, 0.6) is 0 Å². The zero-order chi connectivity index (χ0) is 15.0. The van der Waals surface area contributed by atoms with Crippen molar-refractivity contribution in [3.05, 3.63) is 35.9 Å². The summed E-state index contributed by atoms with van der Waals surface area (Å²) in [5.74, 6) is -0.922. The monoisotopic (exact) mass is 278 g/mol. The quantitative estimate of drug-likeness (QED) is 0.714. The molecule has 1 rings (SSSR count). The van der Waals surface area contributed by atoms with Gasteiger partial charge in [0.05, 0.1) is 6.42 Å². The van der Waals surface area contributed by atoms with Crippen molar-refractivity contribution in [1.82, 2.24) is 10.6 Å². The highest BCUT2D eigenvalue weighted by molar-refractivity contribution is 5.75. The fraction of sp³-hybridized carbons (Fsp3) is 0.467. The van der Waals surface area contributed by atoms with E-state index in [0.717, 1.165) is 6.42 Å². The van der Waals surface area contributed by atoms with Gasteiger partial charge in [0.2, 0.25) is 0 Å². The van der Waals surface area contributed by atoms with Gasteiger partial charge in [0.25, 0.3) is 0 Å². The second kappa shape index (κ2) is 7.53. The van der Waals surface area contributed by atoms with Gasteiger partial charge in [-0.25, -0.2) is 4.79 Å². The molecule has 5 heteroatoms. The van der Waals surface area contributed by atoms with E-state index in [-0.39, 0.29) is 24.4 Å². The van der Waals surface area contributed by atoms with Crippen LogP contribution in [0.2, 0.25) is 0 Å². The van der Waals surface area contributed by atoms with Gasteiger partial charge in [-0.3, -0.25) is 4.79 Å². The van der Waals surface area contributed by atoms with Crippen molar-refractivity contribution in [2.75, 3.05) is 13.1 Å². The van der Waals surface area contributed by atoms with Crippen molar-refractivity contribution < 1.29 is 14.7 Å². The number of hydrogen-bond acceptors (Lipinski definition) is 2. The second-order valence-electron chi connectivity index (χ2n) is 5.58. The molecule has 0 bridgehead atoms. The lowest BCUT2D eigenvalue weighted by molar-refractivity contribution is -0.136. The Kier molecular flexibility index (Phi) is 6.03. The van der Waals surface area contributed by atoms with E-state index in [1.54, 1.807) is 0 Å². The number of urea groups is 1. The number of hydrogen-bond donors (Lipinski definition) is 3. The molecule has 1 aromatic rings. The number of carboxylic acids is 1. The van der Waals surface area contributed by atoms with Crippen LogP contribution in [0.4, 0.5) is 4.79 Å². The third-order valence-electron chi connectivity index (χ3n) is 2.88. The fourth-order valence-electron chi connectivity index (χ4n) is 1.88. The van der Waals surface area contributed by atoms with Gasteiger partial charge in [-0.2, -0.15) is 0 Å². The first kappa shape index (κ1) is 16.0. The normalized spacial score (nSPS) is 10.9. The van der Waals surface area contributed by atoms with Gasteiger partial charge in [0.15, 0.2) is 0 Å². The standard InChI is InChI=1S/C15H22N2O3/c1-15(2,10-12-6-4-3-5-7-12)11-17-14(20)16-9-8-13(18)19/h3-7H,8-11H2,1-2H3,(H,18,19)(H2,16,17,20). The molecule has 0 atom stereocenters. The van der Waals surface area contributed by atoms with Gasteiger partial charge in [-0.05, 0) is 17.4 Å². The SMILES string of the molecule is CC(C)(CNC(=O)NCCC(=O)O)Cc1ccccc1. The van der Waals surface area contributed by atoms with Crippen molar-refractivity contribution in [2.24, 2.45) is 5.41 Å². The largest absolute Gasteiger partial charge is 0.481 e. The summed E-state index contributed by atoms with van der Waals surface area (Å²) in [4.78, 5) is 21.8. The molecule has 0 aliphatic carbocycles. The Labute approximate surface area is 119 Å². The molecule has 0 aromatic heterocycles. The highest BCUT2D eigenvalue weighted by Gasteiger charge is 2.19. The first-order chi connectivity index (χ1) is 9.39. The average molecular weight is 278 g/mol. The second-order valence-corrected chi connectivity index (χ2v) is 5.58. The molecule has 5 nitrogen and oxygen atoms in total. The van der Waals surface area contributed by atoms with Crippen LogP contribution in [0.25, 0.3) is 0 Å². The third-order valence-corrected chi connectivity index (χ3v) is 2.88. The van der Waals surface area contributed by atoms with Gasteiger partial charge in [0, 0.05) is 13.1 Å². The highest BCUT2D eigenvalue weighted by atomic mass is 16.4. The van der Waals surface area contributed by atoms with Crippen LogP contribution in [-0.4, -0.2) is 30.2 Å². The lowest BCUT2D eigenvalue weighted by Crippen LogP contribution is -2.42. The minimum Gasteiger partial charge on any atom is -0.481 e. The summed E-state index contributed by atoms with van der Waals surface area (Å²) in [6.07, 6.45) is 0.796. The maximum absolute atomic E-state index is 11.5. The van der Waals surface area contributed by atoms with Crippen molar-refractivity contribution in [2.45, 2.75) is 26.7 Å². The van der Waals surface area contributed by atoms with E-state index >= 15 is 0 Å². The zero-order valence-electron chi connectivity index (χ0n) is 12.0. The molecule has 0 spiro atoms. The van der Waals surface area contributed by atoms with Gasteiger partial charge >= 0.3 is 12.0 Å². The van der Waals surface area contributed by atoms with E-state index in [1.807, 2.05) is 18.2 Å². The van der Waals surface area contributed by atoms with Crippen molar-refractivity contribution in [3.63, 3.8) is 0 Å². The lowest BCUT2D eigenvalue weighted by atomic mass is 9.86. The smallest absolute Gasteiger partial charge is 0.314 e. The minimum absolute atomic E-state index is 0.0640. The van der Waals surface area contributed by atoms with Crippen LogP contribution in [0.15, 0.2) is 30.3 Å². The van der Waals surface area contributed by atoms with E-state index in [9.17, 15) is 9.59 Å². The minimum atomic E-state index is -0.922. The molecule has 0 saturated heterocycles. The average Bonchev–Trinajstić information content (AvgIpc) is 2.37. The predicted molar refractivity (Wildman–Crippen MR) is 77.6 cm³/mol. The molecular formula is C15H22N2O3. The number of aliphatic carboxylic acids is 1. The molecule has 0 fully saturated rings. The van der Waals surface area contributed by atoms with E-state index in [4.69, 9.17) is 5.11 Å². The molecule has 20 heavy (non-hydrogen) atoms. The van der Waals surface area contributed by atoms with Crippen LogP contribution in [-0.2, 0) is 11.2 Å². The lowest BCUT2D eigenvalue weighted by Gasteiger charge is -2.25. The Morgan fingerprint density at radius 1 is 1.15 bits per heavy atom. The molecule has 0 heterocycles. The molecular weight excluding hydrogens is 256 g/mol. The molecule has 3 N–H and O–H groups in total. The van der Waals surface area contributed by atoms with E-state index in [2.05, 4.69) is 36.6 Å². The number of benzene rings is 1. The van der Waals surface area contributed by atoms with Crippen LogP contribution >= 0.6 is 0 Å². The maximum Gasteiger partial charge on any atom is 0.314 e. The van der Waals surface area contributed by atoms with Gasteiger partial charge in [-0.1, -0.05) is 44.2 Å². The predicted octanol–water partition coefficient (Wildman–Crippen LogP) is 2.03. The molecule has 0 aliphatic heterocycles. The van der Waals surface area contributed by atoms with Gasteiger partial charge < -0.3 is 15.7 Å². The highest BCUT2D eigenvalue weighted by Crippen LogP contribution is 2.20. The van der Waals surface area contributed by atoms with Crippen molar-refractivity contribution in [3.8, 4) is 0 Å². The molecule has 0 aliphatic rings. The Bertz CT molecular complexity index is 444. The summed E-state index contributed by atoms with van der Waals surface area (Å²) in [5.41, 5.74) is 1.16. The summed E-state index contributed by atoms with van der Waals surface area (Å²) in [6, 6.07) is 9.77. The van der Waals surface area contributed by atoms with Crippen LogP contribution < -0.4 is 10.6 Å². The van der Waals surface area contributed by atoms with Gasteiger partial charge in [0.1, 0.15) is 0 Å². The molecule has 110 valence electrons. The van der Waals surface area contributed by atoms with Crippen LogP contribution in [0, 0.1) is 5.41 Å². The molecule has 0 unspecified atom stereocenters. The van der Waals surface area contributed by atoms with Crippen LogP contribution in [0.1, 0.15) is 25.8 Å². The summed E-state index contributed by atoms with van der Waals surface area (Å²) in [5, 5.41) is 13.8. The summed E-state index contributed by atoms with van der Waals surface area (Å²) >= 11 is 0.